The Kier molecular flexibility index (Phi) is 4.28. The van der Waals surface area contributed by atoms with Crippen LogP contribution in [0.3, 0.4) is 0 Å². The van der Waals surface area contributed by atoms with Gasteiger partial charge in [0.05, 0.1) is 5.69 Å². The summed E-state index contributed by atoms with van der Waals surface area (Å²) in [5.74, 6) is 0.855. The van der Waals surface area contributed by atoms with Crippen LogP contribution in [0, 0.1) is 12.8 Å². The first-order valence-corrected chi connectivity index (χ1v) is 7.75. The molecule has 0 saturated carbocycles. The summed E-state index contributed by atoms with van der Waals surface area (Å²) >= 11 is 1.86. The van der Waals surface area contributed by atoms with Gasteiger partial charge in [-0.25, -0.2) is 4.98 Å². The van der Waals surface area contributed by atoms with Gasteiger partial charge in [-0.1, -0.05) is 6.92 Å². The first kappa shape index (κ1) is 13.8. The van der Waals surface area contributed by atoms with Crippen LogP contribution in [-0.2, 0) is 0 Å². The van der Waals surface area contributed by atoms with Crippen molar-refractivity contribution in [3.8, 4) is 0 Å². The van der Waals surface area contributed by atoms with Crippen LogP contribution in [-0.4, -0.2) is 24.6 Å². The molecule has 102 valence electrons. The Morgan fingerprint density at radius 2 is 2.17 bits per heavy atom. The number of piperidine rings is 1. The quantitative estimate of drug-likeness (QED) is 0.910. The van der Waals surface area contributed by atoms with Crippen molar-refractivity contribution in [2.45, 2.75) is 52.6 Å². The van der Waals surface area contributed by atoms with Crippen LogP contribution in [0.15, 0.2) is 0 Å². The van der Waals surface area contributed by atoms with Gasteiger partial charge < -0.3 is 10.2 Å². The fourth-order valence-corrected chi connectivity index (χ4v) is 4.00. The van der Waals surface area contributed by atoms with Crippen molar-refractivity contribution in [2.24, 2.45) is 5.92 Å². The normalized spacial score (nSPS) is 26.4. The minimum Gasteiger partial charge on any atom is -0.345 e. The summed E-state index contributed by atoms with van der Waals surface area (Å²) in [6.07, 6.45) is 2.58. The molecule has 0 amide bonds. The Hall–Kier alpha value is -0.610. The molecule has 3 unspecified atom stereocenters. The Morgan fingerprint density at radius 3 is 2.78 bits per heavy atom. The van der Waals surface area contributed by atoms with Crippen LogP contribution < -0.4 is 10.2 Å². The maximum atomic E-state index is 4.78. The first-order valence-electron chi connectivity index (χ1n) is 6.94. The summed E-state index contributed by atoms with van der Waals surface area (Å²) < 4.78 is 0. The lowest BCUT2D eigenvalue weighted by molar-refractivity contribution is 0.377. The van der Waals surface area contributed by atoms with E-state index in [2.05, 4.69) is 37.9 Å². The van der Waals surface area contributed by atoms with Crippen LogP contribution in [0.4, 0.5) is 5.13 Å². The number of thiazole rings is 1. The lowest BCUT2D eigenvalue weighted by atomic mass is 9.94. The van der Waals surface area contributed by atoms with Crippen LogP contribution in [0.2, 0.25) is 0 Å². The zero-order valence-electron chi connectivity index (χ0n) is 12.2. The lowest BCUT2D eigenvalue weighted by Gasteiger charge is -2.36. The number of hydrogen-bond acceptors (Lipinski definition) is 4. The summed E-state index contributed by atoms with van der Waals surface area (Å²) in [6.45, 7) is 10.2. The van der Waals surface area contributed by atoms with Crippen molar-refractivity contribution in [1.29, 1.82) is 0 Å². The molecule has 1 aliphatic heterocycles. The number of hydrogen-bond donors (Lipinski definition) is 1. The Morgan fingerprint density at radius 1 is 1.44 bits per heavy atom. The topological polar surface area (TPSA) is 28.2 Å². The van der Waals surface area contributed by atoms with Gasteiger partial charge in [0, 0.05) is 23.5 Å². The van der Waals surface area contributed by atoms with E-state index in [1.807, 2.05) is 18.4 Å². The molecule has 1 N–H and O–H groups in total. The molecule has 0 bridgehead atoms. The van der Waals surface area contributed by atoms with Crippen molar-refractivity contribution >= 4 is 16.5 Å². The number of rotatable bonds is 3. The molecule has 3 nitrogen and oxygen atoms in total. The molecule has 1 fully saturated rings. The maximum absolute atomic E-state index is 4.78. The van der Waals surface area contributed by atoms with Crippen molar-refractivity contribution in [1.82, 2.24) is 10.3 Å². The highest BCUT2D eigenvalue weighted by atomic mass is 32.1. The molecule has 0 aliphatic carbocycles. The number of anilines is 1. The SMILES string of the molecule is CNC(C)c1sc(N2CCC(C)CC2C)nc1C. The summed E-state index contributed by atoms with van der Waals surface area (Å²) in [5, 5.41) is 4.52. The van der Waals surface area contributed by atoms with E-state index in [0.29, 0.717) is 12.1 Å². The standard InChI is InChI=1S/C14H25N3S/c1-9-6-7-17(10(2)8-9)14-16-12(4)13(18-14)11(3)15-5/h9-11,15H,6-8H2,1-5H3. The van der Waals surface area contributed by atoms with Gasteiger partial charge in [-0.05, 0) is 46.6 Å². The first-order chi connectivity index (χ1) is 8.52. The van der Waals surface area contributed by atoms with Crippen LogP contribution >= 0.6 is 11.3 Å². The molecule has 1 aromatic heterocycles. The summed E-state index contributed by atoms with van der Waals surface area (Å²) in [4.78, 5) is 8.65. The van der Waals surface area contributed by atoms with E-state index in [1.54, 1.807) is 0 Å². The van der Waals surface area contributed by atoms with Gasteiger partial charge in [-0.2, -0.15) is 0 Å². The van der Waals surface area contributed by atoms with Gasteiger partial charge in [0.1, 0.15) is 0 Å². The molecule has 0 radical (unpaired) electrons. The molecule has 2 heterocycles. The van der Waals surface area contributed by atoms with E-state index in [4.69, 9.17) is 4.98 Å². The molecule has 1 aromatic rings. The monoisotopic (exact) mass is 267 g/mol. The molecule has 4 heteroatoms. The number of aryl methyl sites for hydroxylation is 1. The van der Waals surface area contributed by atoms with Gasteiger partial charge >= 0.3 is 0 Å². The maximum Gasteiger partial charge on any atom is 0.186 e. The zero-order valence-corrected chi connectivity index (χ0v) is 13.0. The van der Waals surface area contributed by atoms with Crippen molar-refractivity contribution in [3.63, 3.8) is 0 Å². The Bertz CT molecular complexity index is 402. The van der Waals surface area contributed by atoms with Gasteiger partial charge in [-0.3, -0.25) is 0 Å². The molecule has 0 aromatic carbocycles. The molecule has 1 saturated heterocycles. The fourth-order valence-electron chi connectivity index (χ4n) is 2.74. The average molecular weight is 267 g/mol. The minimum atomic E-state index is 0.398. The van der Waals surface area contributed by atoms with Gasteiger partial charge in [-0.15, -0.1) is 11.3 Å². The van der Waals surface area contributed by atoms with E-state index in [9.17, 15) is 0 Å². The van der Waals surface area contributed by atoms with Crippen LogP contribution in [0.25, 0.3) is 0 Å². The van der Waals surface area contributed by atoms with Gasteiger partial charge in [0.15, 0.2) is 5.13 Å². The molecule has 18 heavy (non-hydrogen) atoms. The second-order valence-electron chi connectivity index (χ2n) is 5.63. The molecular weight excluding hydrogens is 242 g/mol. The van der Waals surface area contributed by atoms with E-state index in [1.165, 1.54) is 28.5 Å². The Labute approximate surface area is 115 Å². The highest BCUT2D eigenvalue weighted by Crippen LogP contribution is 2.34. The molecule has 1 aliphatic rings. The van der Waals surface area contributed by atoms with Crippen LogP contribution in [0.1, 0.15) is 50.2 Å². The third-order valence-electron chi connectivity index (χ3n) is 4.03. The largest absolute Gasteiger partial charge is 0.345 e. The van der Waals surface area contributed by atoms with Gasteiger partial charge in [0.25, 0.3) is 0 Å². The highest BCUT2D eigenvalue weighted by molar-refractivity contribution is 7.15. The third kappa shape index (κ3) is 2.69. The summed E-state index contributed by atoms with van der Waals surface area (Å²) in [7, 11) is 2.01. The Balaban J connectivity index is 2.18. The van der Waals surface area contributed by atoms with Crippen molar-refractivity contribution in [3.05, 3.63) is 10.6 Å². The van der Waals surface area contributed by atoms with E-state index in [-0.39, 0.29) is 0 Å². The second kappa shape index (κ2) is 5.57. The lowest BCUT2D eigenvalue weighted by Crippen LogP contribution is -2.40. The predicted molar refractivity (Wildman–Crippen MR) is 79.5 cm³/mol. The van der Waals surface area contributed by atoms with E-state index in [0.717, 1.165) is 12.5 Å². The molecule has 0 spiro atoms. The molecule has 2 rings (SSSR count). The third-order valence-corrected chi connectivity index (χ3v) is 5.41. The minimum absolute atomic E-state index is 0.398. The fraction of sp³-hybridized carbons (Fsp3) is 0.786. The van der Waals surface area contributed by atoms with Crippen LogP contribution in [0.5, 0.6) is 0 Å². The molecular formula is C14H25N3S. The number of nitrogens with one attached hydrogen (secondary N) is 1. The highest BCUT2D eigenvalue weighted by Gasteiger charge is 2.26. The van der Waals surface area contributed by atoms with Crippen molar-refractivity contribution < 1.29 is 0 Å². The van der Waals surface area contributed by atoms with Gasteiger partial charge in [0.2, 0.25) is 0 Å². The van der Waals surface area contributed by atoms with E-state index >= 15 is 0 Å². The summed E-state index contributed by atoms with van der Waals surface area (Å²) in [6, 6.07) is 1.02. The number of nitrogens with zero attached hydrogens (tertiary/aromatic N) is 2. The summed E-state index contributed by atoms with van der Waals surface area (Å²) in [5.41, 5.74) is 1.18. The second-order valence-corrected chi connectivity index (χ2v) is 6.64. The van der Waals surface area contributed by atoms with E-state index < -0.39 is 0 Å². The molecule has 3 atom stereocenters. The average Bonchev–Trinajstić information content (AvgIpc) is 2.70. The predicted octanol–water partition coefficient (Wildman–Crippen LogP) is 3.36. The smallest absolute Gasteiger partial charge is 0.186 e. The zero-order chi connectivity index (χ0) is 13.3. The van der Waals surface area contributed by atoms with Crippen molar-refractivity contribution in [2.75, 3.05) is 18.5 Å². The number of aromatic nitrogens is 1.